The Bertz CT molecular complexity index is 978. The molecule has 1 aromatic carbocycles. The summed E-state index contributed by atoms with van der Waals surface area (Å²) in [6, 6.07) is 7.60. The molecule has 7 heteroatoms. The van der Waals surface area contributed by atoms with Gasteiger partial charge in [-0.3, -0.25) is 4.79 Å². The summed E-state index contributed by atoms with van der Waals surface area (Å²) in [7, 11) is 1.19. The molecule has 0 saturated heterocycles. The second kappa shape index (κ2) is 6.67. The van der Waals surface area contributed by atoms with Crippen LogP contribution in [0, 0.1) is 12.7 Å². The molecule has 136 valence electrons. The number of carbonyl (C=O) groups is 1. The van der Waals surface area contributed by atoms with Crippen molar-refractivity contribution in [2.24, 2.45) is 5.73 Å². The number of pyridine rings is 1. The second-order valence-corrected chi connectivity index (χ2v) is 5.94. The van der Waals surface area contributed by atoms with E-state index >= 15 is 0 Å². The van der Waals surface area contributed by atoms with E-state index in [1.54, 1.807) is 19.1 Å². The first kappa shape index (κ1) is 17.7. The van der Waals surface area contributed by atoms with Crippen molar-refractivity contribution < 1.29 is 18.7 Å². The minimum atomic E-state index is -1.02. The monoisotopic (exact) mass is 358 g/mol. The first-order valence-corrected chi connectivity index (χ1v) is 8.15. The Balaban J connectivity index is 2.39. The normalized spacial score (nSPS) is 16.1. The molecule has 0 aliphatic carbocycles. The van der Waals surface area contributed by atoms with Gasteiger partial charge in [-0.05, 0) is 19.9 Å². The highest BCUT2D eigenvalue weighted by molar-refractivity contribution is 5.92. The summed E-state index contributed by atoms with van der Waals surface area (Å²) in [5, 5.41) is 0. The molecule has 2 heterocycles. The van der Waals surface area contributed by atoms with Gasteiger partial charge in [0.25, 0.3) is 5.56 Å². The molecule has 1 aliphatic heterocycles. The highest BCUT2D eigenvalue weighted by atomic mass is 19.1. The van der Waals surface area contributed by atoms with Crippen LogP contribution in [-0.2, 0) is 16.1 Å². The molecule has 0 amide bonds. The number of hydrogen-bond acceptors (Lipinski definition) is 5. The maximum absolute atomic E-state index is 14.6. The molecule has 1 aromatic heterocycles. The van der Waals surface area contributed by atoms with Crippen molar-refractivity contribution in [1.82, 2.24) is 4.57 Å². The maximum atomic E-state index is 14.6. The van der Waals surface area contributed by atoms with Crippen LogP contribution >= 0.6 is 0 Å². The Morgan fingerprint density at radius 1 is 1.38 bits per heavy atom. The maximum Gasteiger partial charge on any atom is 0.340 e. The lowest BCUT2D eigenvalue weighted by Gasteiger charge is -2.29. The number of aromatic nitrogens is 1. The predicted molar refractivity (Wildman–Crippen MR) is 93.2 cm³/mol. The van der Waals surface area contributed by atoms with Crippen molar-refractivity contribution in [3.63, 3.8) is 0 Å². The van der Waals surface area contributed by atoms with Crippen LogP contribution in [0.15, 0.2) is 46.6 Å². The smallest absolute Gasteiger partial charge is 0.340 e. The number of aryl methyl sites for hydroxylation is 1. The fraction of sp³-hybridized carbons (Fsp3) is 0.263. The Hall–Kier alpha value is -3.09. The lowest BCUT2D eigenvalue weighted by atomic mass is 9.83. The zero-order chi connectivity index (χ0) is 19.0. The molecule has 6 nitrogen and oxygen atoms in total. The van der Waals surface area contributed by atoms with E-state index in [1.165, 1.54) is 29.9 Å². The Morgan fingerprint density at radius 3 is 2.69 bits per heavy atom. The molecule has 0 bridgehead atoms. The third-order valence-corrected chi connectivity index (χ3v) is 4.51. The van der Waals surface area contributed by atoms with E-state index in [4.69, 9.17) is 15.2 Å². The first-order valence-electron chi connectivity index (χ1n) is 8.15. The molecular weight excluding hydrogens is 339 g/mol. The summed E-state index contributed by atoms with van der Waals surface area (Å²) >= 11 is 0. The molecule has 0 radical (unpaired) electrons. The fourth-order valence-corrected chi connectivity index (χ4v) is 3.31. The molecule has 0 unspecified atom stereocenters. The van der Waals surface area contributed by atoms with Gasteiger partial charge in [0.15, 0.2) is 0 Å². The molecule has 1 atom stereocenters. The summed E-state index contributed by atoms with van der Waals surface area (Å²) in [5.74, 6) is -2.33. The molecule has 2 N–H and O–H groups in total. The van der Waals surface area contributed by atoms with E-state index in [0.29, 0.717) is 12.2 Å². The second-order valence-electron chi connectivity index (χ2n) is 5.94. The van der Waals surface area contributed by atoms with Crippen molar-refractivity contribution in [2.75, 3.05) is 7.11 Å². The molecule has 0 fully saturated rings. The van der Waals surface area contributed by atoms with Gasteiger partial charge in [0.1, 0.15) is 17.1 Å². The molecule has 0 spiro atoms. The van der Waals surface area contributed by atoms with Gasteiger partial charge in [-0.25, -0.2) is 9.18 Å². The lowest BCUT2D eigenvalue weighted by molar-refractivity contribution is -0.136. The van der Waals surface area contributed by atoms with Crippen molar-refractivity contribution >= 4 is 5.97 Å². The standard InChI is InChI=1S/C19H19FN2O4/c1-4-22-10(2)9-13-15(18(22)23)14(11-7-5-6-8-12(11)20)16(17(21)26-13)19(24)25-3/h5-9,14H,4,21H2,1-3H3/t14-/m0/s1. The van der Waals surface area contributed by atoms with Crippen LogP contribution in [0.2, 0.25) is 0 Å². The Labute approximate surface area is 149 Å². The van der Waals surface area contributed by atoms with E-state index in [0.717, 1.165) is 0 Å². The number of benzene rings is 1. The van der Waals surface area contributed by atoms with Gasteiger partial charge in [-0.2, -0.15) is 0 Å². The number of rotatable bonds is 3. The molecular formula is C19H19FN2O4. The number of methoxy groups -OCH3 is 1. The quantitative estimate of drug-likeness (QED) is 0.851. The van der Waals surface area contributed by atoms with Crippen LogP contribution in [0.3, 0.4) is 0 Å². The predicted octanol–water partition coefficient (Wildman–Crippen LogP) is 2.18. The molecule has 2 aromatic rings. The average molecular weight is 358 g/mol. The number of nitrogens with zero attached hydrogens (tertiary/aromatic N) is 1. The number of hydrogen-bond donors (Lipinski definition) is 1. The fourth-order valence-electron chi connectivity index (χ4n) is 3.31. The van der Waals surface area contributed by atoms with Gasteiger partial charge in [-0.1, -0.05) is 18.2 Å². The first-order chi connectivity index (χ1) is 12.4. The van der Waals surface area contributed by atoms with Crippen molar-refractivity contribution in [1.29, 1.82) is 0 Å². The summed E-state index contributed by atoms with van der Waals surface area (Å²) in [6.45, 7) is 4.02. The number of halogens is 1. The van der Waals surface area contributed by atoms with Crippen LogP contribution in [0.25, 0.3) is 0 Å². The number of ether oxygens (including phenoxy) is 2. The summed E-state index contributed by atoms with van der Waals surface area (Å²) in [6.07, 6.45) is 0. The molecule has 3 rings (SSSR count). The zero-order valence-electron chi connectivity index (χ0n) is 14.7. The van der Waals surface area contributed by atoms with Crippen LogP contribution < -0.4 is 16.0 Å². The lowest BCUT2D eigenvalue weighted by Crippen LogP contribution is -2.35. The Morgan fingerprint density at radius 2 is 2.08 bits per heavy atom. The summed E-state index contributed by atoms with van der Waals surface area (Å²) in [5.41, 5.74) is 6.50. The largest absolute Gasteiger partial charge is 0.465 e. The highest BCUT2D eigenvalue weighted by Crippen LogP contribution is 2.41. The molecule has 0 saturated carbocycles. The van der Waals surface area contributed by atoms with Gasteiger partial charge in [-0.15, -0.1) is 0 Å². The van der Waals surface area contributed by atoms with Gasteiger partial charge >= 0.3 is 5.97 Å². The number of nitrogens with two attached hydrogens (primary N) is 1. The van der Waals surface area contributed by atoms with E-state index in [-0.39, 0.29) is 33.9 Å². The van der Waals surface area contributed by atoms with Crippen LogP contribution in [-0.4, -0.2) is 17.6 Å². The topological polar surface area (TPSA) is 83.5 Å². The number of carbonyl (C=O) groups excluding carboxylic acids is 1. The molecule has 26 heavy (non-hydrogen) atoms. The minimum absolute atomic E-state index is 0.0892. The average Bonchev–Trinajstić information content (AvgIpc) is 2.60. The third kappa shape index (κ3) is 2.65. The summed E-state index contributed by atoms with van der Waals surface area (Å²) in [4.78, 5) is 25.4. The van der Waals surface area contributed by atoms with Crippen molar-refractivity contribution in [3.8, 4) is 5.75 Å². The Kier molecular flexibility index (Phi) is 4.54. The van der Waals surface area contributed by atoms with Crippen LogP contribution in [0.1, 0.15) is 29.7 Å². The highest BCUT2D eigenvalue weighted by Gasteiger charge is 2.39. The molecule has 1 aliphatic rings. The van der Waals surface area contributed by atoms with E-state index in [1.807, 2.05) is 6.92 Å². The van der Waals surface area contributed by atoms with E-state index in [9.17, 15) is 14.0 Å². The minimum Gasteiger partial charge on any atom is -0.465 e. The third-order valence-electron chi connectivity index (χ3n) is 4.51. The van der Waals surface area contributed by atoms with Crippen molar-refractivity contribution in [3.05, 3.63) is 74.8 Å². The van der Waals surface area contributed by atoms with Crippen molar-refractivity contribution in [2.45, 2.75) is 26.3 Å². The van der Waals surface area contributed by atoms with Gasteiger partial charge < -0.3 is 19.8 Å². The van der Waals surface area contributed by atoms with Gasteiger partial charge in [0, 0.05) is 23.9 Å². The zero-order valence-corrected chi connectivity index (χ0v) is 14.7. The SMILES string of the molecule is CCn1c(C)cc2c(c1=O)[C@H](c1ccccc1F)C(C(=O)OC)=C(N)O2. The summed E-state index contributed by atoms with van der Waals surface area (Å²) < 4.78 is 26.4. The number of esters is 1. The van der Waals surface area contributed by atoms with Gasteiger partial charge in [0.2, 0.25) is 5.88 Å². The van der Waals surface area contributed by atoms with Crippen LogP contribution in [0.5, 0.6) is 5.75 Å². The van der Waals surface area contributed by atoms with Gasteiger partial charge in [0.05, 0.1) is 18.6 Å². The number of fused-ring (bicyclic) bond motifs is 1. The van der Waals surface area contributed by atoms with E-state index < -0.39 is 17.7 Å². The van der Waals surface area contributed by atoms with Crippen LogP contribution in [0.4, 0.5) is 4.39 Å². The van der Waals surface area contributed by atoms with E-state index in [2.05, 4.69) is 0 Å².